The minimum atomic E-state index is 0.535. The van der Waals surface area contributed by atoms with Gasteiger partial charge >= 0.3 is 0 Å². The Balaban J connectivity index is 1.36. The van der Waals surface area contributed by atoms with Gasteiger partial charge in [-0.15, -0.1) is 11.3 Å². The molecule has 156 valence electrons. The fourth-order valence-corrected chi connectivity index (χ4v) is 4.45. The van der Waals surface area contributed by atoms with E-state index in [1.165, 1.54) is 10.6 Å². The van der Waals surface area contributed by atoms with Gasteiger partial charge in [-0.3, -0.25) is 4.90 Å². The van der Waals surface area contributed by atoms with Crippen molar-refractivity contribution in [1.82, 2.24) is 9.88 Å². The molecule has 0 radical (unpaired) electrons. The van der Waals surface area contributed by atoms with Crippen LogP contribution in [0.1, 0.15) is 21.7 Å². The minimum absolute atomic E-state index is 0.535. The Bertz CT molecular complexity index is 975. The van der Waals surface area contributed by atoms with Gasteiger partial charge in [0.15, 0.2) is 5.13 Å². The van der Waals surface area contributed by atoms with Crippen LogP contribution < -0.4 is 15.2 Å². The Hall–Kier alpha value is -2.83. The smallest absolute Gasteiger partial charge is 0.180 e. The van der Waals surface area contributed by atoms with Gasteiger partial charge < -0.3 is 15.2 Å². The summed E-state index contributed by atoms with van der Waals surface area (Å²) in [7, 11) is 1.68. The van der Waals surface area contributed by atoms with Gasteiger partial charge in [0.05, 0.1) is 12.8 Å². The predicted molar refractivity (Wildman–Crippen MR) is 123 cm³/mol. The lowest BCUT2D eigenvalue weighted by atomic mass is 10.2. The number of hydrogen-bond donors (Lipinski definition) is 1. The Morgan fingerprint density at radius 3 is 2.73 bits per heavy atom. The van der Waals surface area contributed by atoms with Gasteiger partial charge in [-0.05, 0) is 29.7 Å². The first kappa shape index (κ1) is 20.4. The highest BCUT2D eigenvalue weighted by Gasteiger charge is 2.16. The molecule has 0 aliphatic carbocycles. The van der Waals surface area contributed by atoms with Crippen LogP contribution in [0, 0.1) is 0 Å². The van der Waals surface area contributed by atoms with E-state index in [0.717, 1.165) is 55.1 Å². The van der Waals surface area contributed by atoms with Crippen LogP contribution in [-0.2, 0) is 19.4 Å². The van der Waals surface area contributed by atoms with E-state index in [1.807, 2.05) is 30.3 Å². The number of nitrogens with two attached hydrogens (primary N) is 1. The van der Waals surface area contributed by atoms with E-state index < -0.39 is 0 Å². The second-order valence-electron chi connectivity index (χ2n) is 7.34. The molecule has 5 nitrogen and oxygen atoms in total. The number of methoxy groups -OCH3 is 1. The van der Waals surface area contributed by atoms with Crippen molar-refractivity contribution in [3.63, 3.8) is 0 Å². The number of fused-ring (bicyclic) bond motifs is 1. The maximum absolute atomic E-state index is 5.98. The van der Waals surface area contributed by atoms with Crippen molar-refractivity contribution < 1.29 is 9.47 Å². The van der Waals surface area contributed by atoms with Gasteiger partial charge in [0, 0.05) is 37.0 Å². The van der Waals surface area contributed by atoms with Crippen LogP contribution in [0.15, 0.2) is 54.6 Å². The molecule has 4 rings (SSSR count). The second kappa shape index (κ2) is 9.78. The average molecular weight is 422 g/mol. The lowest BCUT2D eigenvalue weighted by Gasteiger charge is -2.17. The van der Waals surface area contributed by atoms with E-state index in [1.54, 1.807) is 18.4 Å². The van der Waals surface area contributed by atoms with Gasteiger partial charge in [-0.25, -0.2) is 4.98 Å². The van der Waals surface area contributed by atoms with Crippen LogP contribution in [0.25, 0.3) is 6.08 Å². The van der Waals surface area contributed by atoms with Gasteiger partial charge in [-0.1, -0.05) is 42.5 Å². The molecule has 1 aliphatic rings. The molecule has 0 saturated heterocycles. The molecule has 1 aromatic heterocycles. The Morgan fingerprint density at radius 1 is 1.10 bits per heavy atom. The molecule has 2 heterocycles. The third-order valence-electron chi connectivity index (χ3n) is 5.18. The molecule has 0 amide bonds. The summed E-state index contributed by atoms with van der Waals surface area (Å²) in [4.78, 5) is 8.26. The van der Waals surface area contributed by atoms with Crippen LogP contribution in [0.3, 0.4) is 0 Å². The van der Waals surface area contributed by atoms with Crippen molar-refractivity contribution in [2.24, 2.45) is 0 Å². The number of benzene rings is 2. The second-order valence-corrected chi connectivity index (χ2v) is 8.46. The Kier molecular flexibility index (Phi) is 6.67. The summed E-state index contributed by atoms with van der Waals surface area (Å²) in [5.74, 6) is 1.60. The third-order valence-corrected chi connectivity index (χ3v) is 6.16. The number of nitrogens with zero attached hydrogens (tertiary/aromatic N) is 2. The number of aromatic nitrogens is 1. The Labute approximate surface area is 181 Å². The lowest BCUT2D eigenvalue weighted by Crippen LogP contribution is -2.26. The standard InChI is InChI=1S/C24H27N3O2S/c1-28-20-14-19(15-21(16-20)29-17-18-6-3-2-4-7-18)8-5-11-27-12-9-22-23(10-13-27)30-24(25)26-22/h2-8,14-16H,9-13,17H2,1H3,(H2,25,26). The summed E-state index contributed by atoms with van der Waals surface area (Å²) < 4.78 is 11.4. The highest BCUT2D eigenvalue weighted by molar-refractivity contribution is 7.15. The van der Waals surface area contributed by atoms with Crippen molar-refractivity contribution >= 4 is 22.5 Å². The van der Waals surface area contributed by atoms with Crippen molar-refractivity contribution in [1.29, 1.82) is 0 Å². The van der Waals surface area contributed by atoms with Gasteiger partial charge in [0.25, 0.3) is 0 Å². The summed E-state index contributed by atoms with van der Waals surface area (Å²) in [6.45, 7) is 3.47. The first-order valence-corrected chi connectivity index (χ1v) is 11.0. The average Bonchev–Trinajstić information content (AvgIpc) is 3.03. The highest BCUT2D eigenvalue weighted by Crippen LogP contribution is 2.26. The van der Waals surface area contributed by atoms with E-state index in [4.69, 9.17) is 15.2 Å². The molecular formula is C24H27N3O2S. The molecule has 0 fully saturated rings. The van der Waals surface area contributed by atoms with Crippen LogP contribution >= 0.6 is 11.3 Å². The fraction of sp³-hybridized carbons (Fsp3) is 0.292. The summed E-state index contributed by atoms with van der Waals surface area (Å²) in [5.41, 5.74) is 9.23. The van der Waals surface area contributed by atoms with Crippen LogP contribution in [-0.4, -0.2) is 36.6 Å². The largest absolute Gasteiger partial charge is 0.497 e. The van der Waals surface area contributed by atoms with E-state index in [0.29, 0.717) is 11.7 Å². The SMILES string of the molecule is COc1cc(C=CCN2CCc3nc(N)sc3CC2)cc(OCc2ccccc2)c1. The lowest BCUT2D eigenvalue weighted by molar-refractivity contribution is 0.303. The molecule has 30 heavy (non-hydrogen) atoms. The quantitative estimate of drug-likeness (QED) is 0.612. The monoisotopic (exact) mass is 421 g/mol. The molecule has 0 spiro atoms. The first-order chi connectivity index (χ1) is 14.7. The van der Waals surface area contributed by atoms with Crippen LogP contribution in [0.5, 0.6) is 11.5 Å². The van der Waals surface area contributed by atoms with Crippen LogP contribution in [0.2, 0.25) is 0 Å². The van der Waals surface area contributed by atoms with Crippen molar-refractivity contribution in [3.05, 3.63) is 76.3 Å². The first-order valence-electron chi connectivity index (χ1n) is 10.2. The minimum Gasteiger partial charge on any atom is -0.497 e. The molecule has 2 N–H and O–H groups in total. The summed E-state index contributed by atoms with van der Waals surface area (Å²) in [5, 5.41) is 0.691. The molecule has 0 unspecified atom stereocenters. The third kappa shape index (κ3) is 5.40. The predicted octanol–water partition coefficient (Wildman–Crippen LogP) is 4.43. The molecule has 0 bridgehead atoms. The molecule has 3 aromatic rings. The Morgan fingerprint density at radius 2 is 1.90 bits per heavy atom. The number of hydrogen-bond acceptors (Lipinski definition) is 6. The number of anilines is 1. The number of thiazole rings is 1. The molecule has 2 aromatic carbocycles. The number of rotatable bonds is 7. The van der Waals surface area contributed by atoms with Crippen molar-refractivity contribution in [2.45, 2.75) is 19.4 Å². The van der Waals surface area contributed by atoms with Crippen molar-refractivity contribution in [2.75, 3.05) is 32.5 Å². The van der Waals surface area contributed by atoms with E-state index in [-0.39, 0.29) is 0 Å². The fourth-order valence-electron chi connectivity index (χ4n) is 3.58. The molecule has 6 heteroatoms. The van der Waals surface area contributed by atoms with Gasteiger partial charge in [-0.2, -0.15) is 0 Å². The van der Waals surface area contributed by atoms with E-state index >= 15 is 0 Å². The summed E-state index contributed by atoms with van der Waals surface area (Å²) in [6.07, 6.45) is 6.33. The topological polar surface area (TPSA) is 60.6 Å². The van der Waals surface area contributed by atoms with Gasteiger partial charge in [0.1, 0.15) is 18.1 Å². The zero-order chi connectivity index (χ0) is 20.8. The maximum atomic E-state index is 5.98. The molecule has 0 saturated carbocycles. The molecule has 1 aliphatic heterocycles. The number of ether oxygens (including phenoxy) is 2. The summed E-state index contributed by atoms with van der Waals surface area (Å²) in [6, 6.07) is 16.2. The zero-order valence-corrected chi connectivity index (χ0v) is 18.0. The molecular weight excluding hydrogens is 394 g/mol. The van der Waals surface area contributed by atoms with E-state index in [2.05, 4.69) is 40.2 Å². The normalized spacial score (nSPS) is 14.4. The van der Waals surface area contributed by atoms with Gasteiger partial charge in [0.2, 0.25) is 0 Å². The number of nitrogen functional groups attached to an aromatic ring is 1. The highest BCUT2D eigenvalue weighted by atomic mass is 32.1. The maximum Gasteiger partial charge on any atom is 0.180 e. The molecule has 0 atom stereocenters. The zero-order valence-electron chi connectivity index (χ0n) is 17.2. The van der Waals surface area contributed by atoms with Crippen LogP contribution in [0.4, 0.5) is 5.13 Å². The van der Waals surface area contributed by atoms with E-state index in [9.17, 15) is 0 Å². The summed E-state index contributed by atoms with van der Waals surface area (Å²) >= 11 is 1.63. The van der Waals surface area contributed by atoms with Crippen molar-refractivity contribution in [3.8, 4) is 11.5 Å².